The highest BCUT2D eigenvalue weighted by atomic mass is 35.5. The molecule has 6 heteroatoms. The third kappa shape index (κ3) is 4.86. The van der Waals surface area contributed by atoms with Crippen molar-refractivity contribution in [1.29, 1.82) is 0 Å². The number of aryl methyl sites for hydroxylation is 2. The number of hydrogen-bond acceptors (Lipinski definition) is 2. The van der Waals surface area contributed by atoms with E-state index in [1.807, 2.05) is 19.9 Å². The molecule has 122 valence electrons. The van der Waals surface area contributed by atoms with Crippen molar-refractivity contribution in [2.45, 2.75) is 13.8 Å². The molecule has 0 saturated heterocycles. The summed E-state index contributed by atoms with van der Waals surface area (Å²) >= 11 is 6.13. The Balaban J connectivity index is 1.81. The van der Waals surface area contributed by atoms with E-state index in [1.54, 1.807) is 18.2 Å². The lowest BCUT2D eigenvalue weighted by Crippen LogP contribution is -2.32. The standard InChI is InChI=1S/C17H18ClFN2O2/c1-11-9-12(2)16(13(18)10-11)21-17(22)20-7-8-23-15-6-4-3-5-14(15)19/h3-6,9-10H,7-8H2,1-2H3,(H2,20,21,22). The summed E-state index contributed by atoms with van der Waals surface area (Å²) in [6.07, 6.45) is 0. The van der Waals surface area contributed by atoms with Gasteiger partial charge in [0, 0.05) is 0 Å². The Hall–Kier alpha value is -2.27. The Labute approximate surface area is 139 Å². The summed E-state index contributed by atoms with van der Waals surface area (Å²) in [5, 5.41) is 5.82. The first-order valence-electron chi connectivity index (χ1n) is 7.16. The lowest BCUT2D eigenvalue weighted by molar-refractivity contribution is 0.246. The van der Waals surface area contributed by atoms with E-state index in [0.717, 1.165) is 11.1 Å². The largest absolute Gasteiger partial charge is 0.489 e. The van der Waals surface area contributed by atoms with Crippen LogP contribution >= 0.6 is 11.6 Å². The second-order valence-corrected chi connectivity index (χ2v) is 5.51. The number of para-hydroxylation sites is 1. The highest BCUT2D eigenvalue weighted by Crippen LogP contribution is 2.27. The zero-order valence-electron chi connectivity index (χ0n) is 13.0. The number of urea groups is 1. The molecule has 23 heavy (non-hydrogen) atoms. The average molecular weight is 337 g/mol. The van der Waals surface area contributed by atoms with Crippen molar-refractivity contribution in [1.82, 2.24) is 5.32 Å². The summed E-state index contributed by atoms with van der Waals surface area (Å²) in [5.74, 6) is -0.272. The van der Waals surface area contributed by atoms with Gasteiger partial charge in [-0.2, -0.15) is 0 Å². The topological polar surface area (TPSA) is 50.4 Å². The third-order valence-corrected chi connectivity index (χ3v) is 3.45. The monoisotopic (exact) mass is 336 g/mol. The van der Waals surface area contributed by atoms with Crippen molar-refractivity contribution >= 4 is 23.3 Å². The van der Waals surface area contributed by atoms with E-state index in [9.17, 15) is 9.18 Å². The fraction of sp³-hybridized carbons (Fsp3) is 0.235. The van der Waals surface area contributed by atoms with Gasteiger partial charge in [0.05, 0.1) is 17.3 Å². The van der Waals surface area contributed by atoms with Gasteiger partial charge in [-0.1, -0.05) is 29.8 Å². The van der Waals surface area contributed by atoms with Crippen LogP contribution in [0.2, 0.25) is 5.02 Å². The first kappa shape index (κ1) is 17.1. The number of carbonyl (C=O) groups excluding carboxylic acids is 1. The minimum atomic E-state index is -0.431. The second kappa shape index (κ2) is 7.83. The fourth-order valence-electron chi connectivity index (χ4n) is 2.12. The van der Waals surface area contributed by atoms with E-state index < -0.39 is 11.8 Å². The SMILES string of the molecule is Cc1cc(C)c(NC(=O)NCCOc2ccccc2F)c(Cl)c1. The van der Waals surface area contributed by atoms with E-state index in [0.29, 0.717) is 10.7 Å². The van der Waals surface area contributed by atoms with Gasteiger partial charge < -0.3 is 15.4 Å². The van der Waals surface area contributed by atoms with Crippen molar-refractivity contribution in [3.05, 3.63) is 58.4 Å². The van der Waals surface area contributed by atoms with Crippen molar-refractivity contribution < 1.29 is 13.9 Å². The molecule has 0 radical (unpaired) electrons. The van der Waals surface area contributed by atoms with Crippen LogP contribution in [-0.4, -0.2) is 19.2 Å². The zero-order valence-corrected chi connectivity index (χ0v) is 13.7. The van der Waals surface area contributed by atoms with Gasteiger partial charge >= 0.3 is 6.03 Å². The maximum atomic E-state index is 13.3. The molecule has 0 atom stereocenters. The predicted molar refractivity (Wildman–Crippen MR) is 89.8 cm³/mol. The van der Waals surface area contributed by atoms with Crippen LogP contribution in [0.25, 0.3) is 0 Å². The van der Waals surface area contributed by atoms with Crippen LogP contribution in [-0.2, 0) is 0 Å². The minimum absolute atomic E-state index is 0.159. The maximum absolute atomic E-state index is 13.3. The van der Waals surface area contributed by atoms with Gasteiger partial charge in [0.15, 0.2) is 11.6 Å². The van der Waals surface area contributed by atoms with Gasteiger partial charge in [-0.15, -0.1) is 0 Å². The number of ether oxygens (including phenoxy) is 1. The number of anilines is 1. The molecule has 0 unspecified atom stereocenters. The van der Waals surface area contributed by atoms with Gasteiger partial charge in [0.2, 0.25) is 0 Å². The Bertz CT molecular complexity index is 684. The molecule has 2 rings (SSSR count). The summed E-state index contributed by atoms with van der Waals surface area (Å²) < 4.78 is 18.6. The molecule has 0 spiro atoms. The molecule has 0 aliphatic carbocycles. The molecule has 0 saturated carbocycles. The first-order valence-corrected chi connectivity index (χ1v) is 7.54. The van der Waals surface area contributed by atoms with Crippen LogP contribution in [0.4, 0.5) is 14.9 Å². The molecule has 0 aromatic heterocycles. The van der Waals surface area contributed by atoms with Crippen molar-refractivity contribution in [3.8, 4) is 5.75 Å². The summed E-state index contributed by atoms with van der Waals surface area (Å²) in [5.41, 5.74) is 2.48. The van der Waals surface area contributed by atoms with Gasteiger partial charge in [-0.05, 0) is 43.2 Å². The van der Waals surface area contributed by atoms with Crippen LogP contribution in [0.5, 0.6) is 5.75 Å². The zero-order chi connectivity index (χ0) is 16.8. The summed E-state index contributed by atoms with van der Waals surface area (Å²) in [6, 6.07) is 9.44. The first-order chi connectivity index (χ1) is 11.0. The second-order valence-electron chi connectivity index (χ2n) is 5.10. The number of halogens is 2. The molecule has 2 aromatic carbocycles. The number of hydrogen-bond donors (Lipinski definition) is 2. The van der Waals surface area contributed by atoms with E-state index >= 15 is 0 Å². The number of rotatable bonds is 5. The van der Waals surface area contributed by atoms with E-state index in [4.69, 9.17) is 16.3 Å². The summed E-state index contributed by atoms with van der Waals surface area (Å²) in [7, 11) is 0. The molecule has 0 bridgehead atoms. The summed E-state index contributed by atoms with van der Waals surface area (Å²) in [6.45, 7) is 4.20. The molecule has 2 amide bonds. The van der Waals surface area contributed by atoms with Gasteiger partial charge in [0.25, 0.3) is 0 Å². The molecule has 0 aliphatic rings. The Morgan fingerprint density at radius 2 is 2.00 bits per heavy atom. The number of benzene rings is 2. The number of amides is 2. The molecule has 2 N–H and O–H groups in total. The summed E-state index contributed by atoms with van der Waals surface area (Å²) in [4.78, 5) is 11.9. The van der Waals surface area contributed by atoms with Crippen molar-refractivity contribution in [3.63, 3.8) is 0 Å². The smallest absolute Gasteiger partial charge is 0.319 e. The Morgan fingerprint density at radius 1 is 1.26 bits per heavy atom. The van der Waals surface area contributed by atoms with Crippen LogP contribution in [0.15, 0.2) is 36.4 Å². The van der Waals surface area contributed by atoms with E-state index in [2.05, 4.69) is 10.6 Å². The van der Waals surface area contributed by atoms with Crippen LogP contribution < -0.4 is 15.4 Å². The molecular weight excluding hydrogens is 319 g/mol. The van der Waals surface area contributed by atoms with Crippen LogP contribution in [0, 0.1) is 19.7 Å². The fourth-order valence-corrected chi connectivity index (χ4v) is 2.49. The quantitative estimate of drug-likeness (QED) is 0.800. The normalized spacial score (nSPS) is 10.3. The highest BCUT2D eigenvalue weighted by molar-refractivity contribution is 6.34. The predicted octanol–water partition coefficient (Wildman–Crippen LogP) is 4.30. The molecule has 4 nitrogen and oxygen atoms in total. The molecule has 0 heterocycles. The molecule has 0 fully saturated rings. The number of carbonyl (C=O) groups is 1. The van der Waals surface area contributed by atoms with Crippen LogP contribution in [0.1, 0.15) is 11.1 Å². The third-order valence-electron chi connectivity index (χ3n) is 3.15. The number of nitrogens with one attached hydrogen (secondary N) is 2. The van der Waals surface area contributed by atoms with E-state index in [1.165, 1.54) is 12.1 Å². The van der Waals surface area contributed by atoms with Crippen LogP contribution in [0.3, 0.4) is 0 Å². The minimum Gasteiger partial charge on any atom is -0.489 e. The molecule has 0 aliphatic heterocycles. The maximum Gasteiger partial charge on any atom is 0.319 e. The molecule has 2 aromatic rings. The van der Waals surface area contributed by atoms with Gasteiger partial charge in [-0.25, -0.2) is 9.18 Å². The van der Waals surface area contributed by atoms with Crippen molar-refractivity contribution in [2.24, 2.45) is 0 Å². The lowest BCUT2D eigenvalue weighted by Gasteiger charge is -2.13. The molecular formula is C17H18ClFN2O2. The lowest BCUT2D eigenvalue weighted by atomic mass is 10.1. The van der Waals surface area contributed by atoms with Crippen molar-refractivity contribution in [2.75, 3.05) is 18.5 Å². The Kier molecular flexibility index (Phi) is 5.82. The van der Waals surface area contributed by atoms with Gasteiger partial charge in [0.1, 0.15) is 6.61 Å². The van der Waals surface area contributed by atoms with E-state index in [-0.39, 0.29) is 18.9 Å². The Morgan fingerprint density at radius 3 is 2.70 bits per heavy atom. The highest BCUT2D eigenvalue weighted by Gasteiger charge is 2.09. The van der Waals surface area contributed by atoms with Gasteiger partial charge in [-0.3, -0.25) is 0 Å². The average Bonchev–Trinajstić information content (AvgIpc) is 2.49.